The SMILES string of the molecule is COc1ccc(-c2nnc(SCC(=O)NC(C)c3ccc(F)cc3)n2C2CCCCC2)cc1OC. The van der Waals surface area contributed by atoms with Crippen molar-refractivity contribution in [3.8, 4) is 22.9 Å². The number of nitrogens with one attached hydrogen (secondary N) is 1. The topological polar surface area (TPSA) is 78.3 Å². The third kappa shape index (κ3) is 5.96. The average Bonchev–Trinajstić information content (AvgIpc) is 3.32. The molecule has 1 aliphatic rings. The van der Waals surface area contributed by atoms with Gasteiger partial charge in [0.15, 0.2) is 22.5 Å². The lowest BCUT2D eigenvalue weighted by Crippen LogP contribution is -2.28. The molecule has 35 heavy (non-hydrogen) atoms. The Morgan fingerprint density at radius 2 is 1.80 bits per heavy atom. The molecular weight excluding hydrogens is 467 g/mol. The predicted octanol–water partition coefficient (Wildman–Crippen LogP) is 5.58. The molecule has 1 unspecified atom stereocenters. The van der Waals surface area contributed by atoms with Crippen LogP contribution in [-0.4, -0.2) is 40.6 Å². The van der Waals surface area contributed by atoms with E-state index in [0.29, 0.717) is 11.5 Å². The van der Waals surface area contributed by atoms with E-state index in [9.17, 15) is 9.18 Å². The van der Waals surface area contributed by atoms with E-state index >= 15 is 0 Å². The Labute approximate surface area is 209 Å². The number of halogens is 1. The monoisotopic (exact) mass is 498 g/mol. The fourth-order valence-electron chi connectivity index (χ4n) is 4.46. The molecule has 0 bridgehead atoms. The number of methoxy groups -OCH3 is 2. The second-order valence-electron chi connectivity index (χ2n) is 8.67. The molecule has 1 aliphatic carbocycles. The highest BCUT2D eigenvalue weighted by Gasteiger charge is 2.25. The van der Waals surface area contributed by atoms with E-state index in [4.69, 9.17) is 9.47 Å². The van der Waals surface area contributed by atoms with Crippen LogP contribution in [0.25, 0.3) is 11.4 Å². The first-order valence-corrected chi connectivity index (χ1v) is 12.8. The van der Waals surface area contributed by atoms with Gasteiger partial charge in [-0.15, -0.1) is 10.2 Å². The molecule has 1 saturated carbocycles. The Hall–Kier alpha value is -3.07. The van der Waals surface area contributed by atoms with Gasteiger partial charge in [-0.2, -0.15) is 0 Å². The normalized spacial score (nSPS) is 15.0. The highest BCUT2D eigenvalue weighted by Crippen LogP contribution is 2.38. The smallest absolute Gasteiger partial charge is 0.230 e. The van der Waals surface area contributed by atoms with Gasteiger partial charge in [-0.1, -0.05) is 43.2 Å². The van der Waals surface area contributed by atoms with Gasteiger partial charge < -0.3 is 14.8 Å². The third-order valence-corrected chi connectivity index (χ3v) is 7.27. The lowest BCUT2D eigenvalue weighted by molar-refractivity contribution is -0.119. The molecule has 7 nitrogen and oxygen atoms in total. The van der Waals surface area contributed by atoms with Gasteiger partial charge in [-0.3, -0.25) is 9.36 Å². The summed E-state index contributed by atoms with van der Waals surface area (Å²) in [5.74, 6) is 1.85. The summed E-state index contributed by atoms with van der Waals surface area (Å²) < 4.78 is 26.2. The van der Waals surface area contributed by atoms with Crippen molar-refractivity contribution in [2.24, 2.45) is 0 Å². The molecule has 1 aromatic heterocycles. The van der Waals surface area contributed by atoms with Crippen LogP contribution in [0.3, 0.4) is 0 Å². The molecule has 4 rings (SSSR count). The van der Waals surface area contributed by atoms with E-state index in [-0.39, 0.29) is 29.6 Å². The number of benzene rings is 2. The number of thioether (sulfide) groups is 1. The first-order chi connectivity index (χ1) is 17.0. The quantitative estimate of drug-likeness (QED) is 0.388. The number of rotatable bonds is 9. The molecule has 186 valence electrons. The maximum absolute atomic E-state index is 13.2. The average molecular weight is 499 g/mol. The van der Waals surface area contributed by atoms with Gasteiger partial charge in [-0.25, -0.2) is 4.39 Å². The molecule has 1 heterocycles. The summed E-state index contributed by atoms with van der Waals surface area (Å²) in [5, 5.41) is 12.7. The van der Waals surface area contributed by atoms with Crippen molar-refractivity contribution < 1.29 is 18.7 Å². The minimum Gasteiger partial charge on any atom is -0.493 e. The number of amides is 1. The first kappa shape index (κ1) is 25.0. The molecule has 2 aromatic carbocycles. The van der Waals surface area contributed by atoms with E-state index < -0.39 is 0 Å². The minimum absolute atomic E-state index is 0.113. The summed E-state index contributed by atoms with van der Waals surface area (Å²) in [6.07, 6.45) is 5.66. The predicted molar refractivity (Wildman–Crippen MR) is 134 cm³/mol. The lowest BCUT2D eigenvalue weighted by Gasteiger charge is -2.25. The molecule has 1 amide bonds. The van der Waals surface area contributed by atoms with Crippen molar-refractivity contribution in [2.45, 2.75) is 56.3 Å². The molecule has 0 aliphatic heterocycles. The van der Waals surface area contributed by atoms with E-state index in [0.717, 1.165) is 47.8 Å². The highest BCUT2D eigenvalue weighted by molar-refractivity contribution is 7.99. The van der Waals surface area contributed by atoms with E-state index in [1.54, 1.807) is 26.4 Å². The second kappa shape index (κ2) is 11.6. The van der Waals surface area contributed by atoms with Gasteiger partial charge in [0.1, 0.15) is 5.82 Å². The largest absolute Gasteiger partial charge is 0.493 e. The van der Waals surface area contributed by atoms with Gasteiger partial charge in [0, 0.05) is 11.6 Å². The van der Waals surface area contributed by atoms with Gasteiger partial charge in [-0.05, 0) is 55.7 Å². The van der Waals surface area contributed by atoms with Crippen LogP contribution in [0, 0.1) is 5.82 Å². The first-order valence-electron chi connectivity index (χ1n) is 11.8. The molecule has 0 radical (unpaired) electrons. The van der Waals surface area contributed by atoms with Crippen LogP contribution in [-0.2, 0) is 4.79 Å². The van der Waals surface area contributed by atoms with Gasteiger partial charge in [0.2, 0.25) is 5.91 Å². The zero-order chi connectivity index (χ0) is 24.8. The Morgan fingerprint density at radius 3 is 2.49 bits per heavy atom. The fraction of sp³-hybridized carbons (Fsp3) is 0.423. The number of nitrogens with zero attached hydrogens (tertiary/aromatic N) is 3. The lowest BCUT2D eigenvalue weighted by atomic mass is 9.95. The van der Waals surface area contributed by atoms with Gasteiger partial charge in [0.25, 0.3) is 0 Å². The minimum atomic E-state index is -0.296. The van der Waals surface area contributed by atoms with Crippen molar-refractivity contribution >= 4 is 17.7 Å². The number of ether oxygens (including phenoxy) is 2. The molecule has 1 fully saturated rings. The number of carbonyl (C=O) groups excluding carboxylic acids is 1. The Balaban J connectivity index is 1.53. The van der Waals surface area contributed by atoms with Crippen molar-refractivity contribution in [1.29, 1.82) is 0 Å². The maximum atomic E-state index is 13.2. The van der Waals surface area contributed by atoms with E-state index in [1.165, 1.54) is 30.3 Å². The molecule has 0 spiro atoms. The fourth-order valence-corrected chi connectivity index (χ4v) is 5.28. The van der Waals surface area contributed by atoms with E-state index in [1.807, 2.05) is 25.1 Å². The summed E-state index contributed by atoms with van der Waals surface area (Å²) in [4.78, 5) is 12.7. The van der Waals surface area contributed by atoms with Crippen molar-refractivity contribution in [1.82, 2.24) is 20.1 Å². The number of aromatic nitrogens is 3. The molecule has 1 atom stereocenters. The number of hydrogen-bond donors (Lipinski definition) is 1. The molecular formula is C26H31FN4O3S. The van der Waals surface area contributed by atoms with Crippen LogP contribution in [0.5, 0.6) is 11.5 Å². The van der Waals surface area contributed by atoms with Crippen LogP contribution in [0.2, 0.25) is 0 Å². The van der Waals surface area contributed by atoms with Crippen LogP contribution < -0.4 is 14.8 Å². The molecule has 3 aromatic rings. The van der Waals surface area contributed by atoms with Crippen LogP contribution in [0.1, 0.15) is 56.7 Å². The Morgan fingerprint density at radius 1 is 1.09 bits per heavy atom. The summed E-state index contributed by atoms with van der Waals surface area (Å²) in [6, 6.07) is 12.0. The summed E-state index contributed by atoms with van der Waals surface area (Å²) in [7, 11) is 3.22. The standard InChI is InChI=1S/C26H31FN4O3S/c1-17(18-9-12-20(27)13-10-18)28-24(32)16-35-26-30-29-25(31(26)21-7-5-4-6-8-21)19-11-14-22(33-2)23(15-19)34-3/h9-15,17,21H,4-8,16H2,1-3H3,(H,28,32). The highest BCUT2D eigenvalue weighted by atomic mass is 32.2. The molecule has 0 saturated heterocycles. The van der Waals surface area contributed by atoms with Crippen LogP contribution >= 0.6 is 11.8 Å². The summed E-state index contributed by atoms with van der Waals surface area (Å²) >= 11 is 1.38. The number of carbonyl (C=O) groups is 1. The summed E-state index contributed by atoms with van der Waals surface area (Å²) in [6.45, 7) is 1.88. The summed E-state index contributed by atoms with van der Waals surface area (Å²) in [5.41, 5.74) is 1.74. The van der Waals surface area contributed by atoms with Crippen LogP contribution in [0.15, 0.2) is 47.6 Å². The van der Waals surface area contributed by atoms with E-state index in [2.05, 4.69) is 20.1 Å². The number of hydrogen-bond acceptors (Lipinski definition) is 6. The van der Waals surface area contributed by atoms with Crippen molar-refractivity contribution in [3.63, 3.8) is 0 Å². The maximum Gasteiger partial charge on any atom is 0.230 e. The molecule has 1 N–H and O–H groups in total. The van der Waals surface area contributed by atoms with Crippen LogP contribution in [0.4, 0.5) is 4.39 Å². The van der Waals surface area contributed by atoms with Crippen molar-refractivity contribution in [3.05, 3.63) is 53.8 Å². The molecule has 9 heteroatoms. The zero-order valence-corrected chi connectivity index (χ0v) is 21.1. The Bertz CT molecular complexity index is 1150. The third-order valence-electron chi connectivity index (χ3n) is 6.33. The van der Waals surface area contributed by atoms with Gasteiger partial charge in [0.05, 0.1) is 26.0 Å². The van der Waals surface area contributed by atoms with Crippen molar-refractivity contribution in [2.75, 3.05) is 20.0 Å². The Kier molecular flexibility index (Phi) is 8.28. The second-order valence-corrected chi connectivity index (χ2v) is 9.61. The van der Waals surface area contributed by atoms with Gasteiger partial charge >= 0.3 is 0 Å². The zero-order valence-electron chi connectivity index (χ0n) is 20.3.